The summed E-state index contributed by atoms with van der Waals surface area (Å²) >= 11 is 9.53. The van der Waals surface area contributed by atoms with E-state index in [0.717, 1.165) is 15.6 Å². The molecule has 3 rings (SSSR count). The Morgan fingerprint density at radius 1 is 1.21 bits per heavy atom. The Kier molecular flexibility index (Phi) is 6.49. The molecule has 2 amide bonds. The molecule has 0 unspecified atom stereocenters. The minimum Gasteiger partial charge on any atom is -0.343 e. The van der Waals surface area contributed by atoms with Gasteiger partial charge < -0.3 is 10.6 Å². The van der Waals surface area contributed by atoms with E-state index < -0.39 is 0 Å². The van der Waals surface area contributed by atoms with Crippen LogP contribution in [-0.2, 0) is 11.3 Å². The number of amides is 2. The standard InChI is InChI=1S/C20H18BrClN4O2/c1-13-8-16(21)6-7-18(13)25-19(27)10-23-20(28)15-9-24-26(12-15)11-14-4-2-3-5-17(14)22/h2-9,12H,10-11H2,1H3,(H,23,28)(H,25,27). The van der Waals surface area contributed by atoms with Gasteiger partial charge in [-0.1, -0.05) is 45.7 Å². The molecule has 0 spiro atoms. The quantitative estimate of drug-likeness (QED) is 0.582. The molecule has 2 aromatic carbocycles. The van der Waals surface area contributed by atoms with E-state index in [-0.39, 0.29) is 18.4 Å². The first-order valence-electron chi connectivity index (χ1n) is 8.52. The number of aromatic nitrogens is 2. The number of hydrogen-bond donors (Lipinski definition) is 2. The molecule has 2 N–H and O–H groups in total. The van der Waals surface area contributed by atoms with Crippen molar-refractivity contribution in [2.24, 2.45) is 0 Å². The number of hydrogen-bond acceptors (Lipinski definition) is 3. The lowest BCUT2D eigenvalue weighted by Crippen LogP contribution is -2.32. The number of benzene rings is 2. The second-order valence-electron chi connectivity index (χ2n) is 6.21. The molecular formula is C20H18BrClN4O2. The third kappa shape index (κ3) is 5.21. The van der Waals surface area contributed by atoms with Crippen molar-refractivity contribution in [1.29, 1.82) is 0 Å². The molecule has 0 bridgehead atoms. The molecule has 0 aliphatic rings. The predicted octanol–water partition coefficient (Wildman–Crippen LogP) is 4.02. The van der Waals surface area contributed by atoms with Gasteiger partial charge >= 0.3 is 0 Å². The van der Waals surface area contributed by atoms with Crippen LogP contribution in [0.25, 0.3) is 0 Å². The van der Waals surface area contributed by atoms with Gasteiger partial charge in [-0.2, -0.15) is 5.10 Å². The van der Waals surface area contributed by atoms with E-state index in [1.165, 1.54) is 6.20 Å². The van der Waals surface area contributed by atoms with E-state index >= 15 is 0 Å². The van der Waals surface area contributed by atoms with E-state index in [1.54, 1.807) is 23.0 Å². The first-order chi connectivity index (χ1) is 13.4. The molecule has 1 heterocycles. The SMILES string of the molecule is Cc1cc(Br)ccc1NC(=O)CNC(=O)c1cnn(Cc2ccccc2Cl)c1. The number of aryl methyl sites for hydroxylation is 1. The van der Waals surface area contributed by atoms with Gasteiger partial charge in [-0.25, -0.2) is 0 Å². The Balaban J connectivity index is 1.54. The van der Waals surface area contributed by atoms with Crippen LogP contribution in [0.3, 0.4) is 0 Å². The lowest BCUT2D eigenvalue weighted by Gasteiger charge is -2.09. The van der Waals surface area contributed by atoms with Crippen LogP contribution in [0.2, 0.25) is 5.02 Å². The van der Waals surface area contributed by atoms with E-state index in [0.29, 0.717) is 22.8 Å². The van der Waals surface area contributed by atoms with Gasteiger partial charge in [0.2, 0.25) is 5.91 Å². The van der Waals surface area contributed by atoms with Crippen molar-refractivity contribution < 1.29 is 9.59 Å². The van der Waals surface area contributed by atoms with Gasteiger partial charge in [-0.15, -0.1) is 0 Å². The van der Waals surface area contributed by atoms with Crippen LogP contribution < -0.4 is 10.6 Å². The fourth-order valence-corrected chi connectivity index (χ4v) is 3.26. The van der Waals surface area contributed by atoms with Gasteiger partial charge in [-0.3, -0.25) is 14.3 Å². The second kappa shape index (κ2) is 9.03. The molecule has 0 fully saturated rings. The minimum absolute atomic E-state index is 0.135. The Bertz CT molecular complexity index is 1020. The summed E-state index contributed by atoms with van der Waals surface area (Å²) in [5.74, 6) is -0.671. The molecule has 1 aromatic heterocycles. The summed E-state index contributed by atoms with van der Waals surface area (Å²) in [5, 5.41) is 10.2. The van der Waals surface area contributed by atoms with Crippen LogP contribution in [0.1, 0.15) is 21.5 Å². The Labute approximate surface area is 176 Å². The summed E-state index contributed by atoms with van der Waals surface area (Å²) in [6.07, 6.45) is 3.08. The van der Waals surface area contributed by atoms with E-state index in [9.17, 15) is 9.59 Å². The number of nitrogens with one attached hydrogen (secondary N) is 2. The normalized spacial score (nSPS) is 10.5. The highest BCUT2D eigenvalue weighted by atomic mass is 79.9. The summed E-state index contributed by atoms with van der Waals surface area (Å²) in [7, 11) is 0. The molecule has 144 valence electrons. The Morgan fingerprint density at radius 2 is 2.00 bits per heavy atom. The van der Waals surface area contributed by atoms with Gasteiger partial charge in [0.1, 0.15) is 0 Å². The van der Waals surface area contributed by atoms with E-state index in [4.69, 9.17) is 11.6 Å². The Morgan fingerprint density at radius 3 is 2.75 bits per heavy atom. The zero-order chi connectivity index (χ0) is 20.1. The number of carbonyl (C=O) groups excluding carboxylic acids is 2. The summed E-state index contributed by atoms with van der Waals surface area (Å²) in [6, 6.07) is 13.0. The van der Waals surface area contributed by atoms with Crippen molar-refractivity contribution in [2.75, 3.05) is 11.9 Å². The Hall–Kier alpha value is -2.64. The van der Waals surface area contributed by atoms with Crippen LogP contribution in [0.4, 0.5) is 5.69 Å². The van der Waals surface area contributed by atoms with E-state index in [2.05, 4.69) is 31.7 Å². The maximum absolute atomic E-state index is 12.3. The van der Waals surface area contributed by atoms with Gasteiger partial charge in [0, 0.05) is 21.4 Å². The zero-order valence-electron chi connectivity index (χ0n) is 15.1. The highest BCUT2D eigenvalue weighted by Crippen LogP contribution is 2.20. The zero-order valence-corrected chi connectivity index (χ0v) is 17.4. The first kappa shape index (κ1) is 20.1. The van der Waals surface area contributed by atoms with Crippen molar-refractivity contribution in [1.82, 2.24) is 15.1 Å². The maximum Gasteiger partial charge on any atom is 0.254 e. The summed E-state index contributed by atoms with van der Waals surface area (Å²) in [6.45, 7) is 2.21. The van der Waals surface area contributed by atoms with Crippen LogP contribution in [-0.4, -0.2) is 28.1 Å². The molecule has 3 aromatic rings. The average Bonchev–Trinajstić information content (AvgIpc) is 3.13. The minimum atomic E-state index is -0.368. The number of anilines is 1. The topological polar surface area (TPSA) is 76.0 Å². The van der Waals surface area contributed by atoms with Gasteiger partial charge in [0.15, 0.2) is 0 Å². The average molecular weight is 462 g/mol. The summed E-state index contributed by atoms with van der Waals surface area (Å²) in [5.41, 5.74) is 2.91. The van der Waals surface area contributed by atoms with Crippen molar-refractivity contribution in [3.63, 3.8) is 0 Å². The smallest absolute Gasteiger partial charge is 0.254 e. The summed E-state index contributed by atoms with van der Waals surface area (Å²) in [4.78, 5) is 24.4. The van der Waals surface area contributed by atoms with Crippen molar-refractivity contribution >= 4 is 45.0 Å². The second-order valence-corrected chi connectivity index (χ2v) is 7.53. The number of nitrogens with zero attached hydrogens (tertiary/aromatic N) is 2. The molecular weight excluding hydrogens is 444 g/mol. The van der Waals surface area contributed by atoms with Crippen LogP contribution >= 0.6 is 27.5 Å². The fraction of sp³-hybridized carbons (Fsp3) is 0.150. The molecule has 0 saturated heterocycles. The number of halogens is 2. The molecule has 6 nitrogen and oxygen atoms in total. The fourth-order valence-electron chi connectivity index (χ4n) is 2.59. The largest absolute Gasteiger partial charge is 0.343 e. The van der Waals surface area contributed by atoms with Gasteiger partial charge in [0.25, 0.3) is 5.91 Å². The third-order valence-electron chi connectivity index (χ3n) is 4.06. The van der Waals surface area contributed by atoms with E-state index in [1.807, 2.05) is 37.3 Å². The lowest BCUT2D eigenvalue weighted by molar-refractivity contribution is -0.115. The molecule has 28 heavy (non-hydrogen) atoms. The highest BCUT2D eigenvalue weighted by Gasteiger charge is 2.12. The van der Waals surface area contributed by atoms with Crippen LogP contribution in [0, 0.1) is 6.92 Å². The molecule has 0 radical (unpaired) electrons. The molecule has 0 aliphatic carbocycles. The highest BCUT2D eigenvalue weighted by molar-refractivity contribution is 9.10. The molecule has 0 atom stereocenters. The van der Waals surface area contributed by atoms with Crippen molar-refractivity contribution in [2.45, 2.75) is 13.5 Å². The predicted molar refractivity (Wildman–Crippen MR) is 113 cm³/mol. The van der Waals surface area contributed by atoms with Gasteiger partial charge in [-0.05, 0) is 42.3 Å². The molecule has 0 saturated carbocycles. The number of rotatable bonds is 6. The monoisotopic (exact) mass is 460 g/mol. The van der Waals surface area contributed by atoms with Crippen LogP contribution in [0.5, 0.6) is 0 Å². The third-order valence-corrected chi connectivity index (χ3v) is 4.92. The van der Waals surface area contributed by atoms with Crippen molar-refractivity contribution in [3.05, 3.63) is 81.0 Å². The van der Waals surface area contributed by atoms with Crippen LogP contribution in [0.15, 0.2) is 59.3 Å². The summed E-state index contributed by atoms with van der Waals surface area (Å²) < 4.78 is 2.56. The molecule has 8 heteroatoms. The molecule has 0 aliphatic heterocycles. The number of carbonyl (C=O) groups is 2. The maximum atomic E-state index is 12.3. The van der Waals surface area contributed by atoms with Gasteiger partial charge in [0.05, 0.1) is 24.8 Å². The lowest BCUT2D eigenvalue weighted by atomic mass is 10.2. The van der Waals surface area contributed by atoms with Crippen molar-refractivity contribution in [3.8, 4) is 0 Å². The first-order valence-corrected chi connectivity index (χ1v) is 9.69.